The van der Waals surface area contributed by atoms with Crippen molar-refractivity contribution < 1.29 is 4.74 Å². The molecule has 5 nitrogen and oxygen atoms in total. The summed E-state index contributed by atoms with van der Waals surface area (Å²) >= 11 is 1.63. The maximum absolute atomic E-state index is 5.77. The highest BCUT2D eigenvalue weighted by molar-refractivity contribution is 7.09. The molecule has 0 atom stereocenters. The lowest BCUT2D eigenvalue weighted by atomic mass is 10.3. The summed E-state index contributed by atoms with van der Waals surface area (Å²) in [4.78, 5) is 11.6. The zero-order valence-corrected chi connectivity index (χ0v) is 15.4. The van der Waals surface area contributed by atoms with E-state index < -0.39 is 0 Å². The number of thiazole rings is 1. The van der Waals surface area contributed by atoms with E-state index in [2.05, 4.69) is 31.6 Å². The minimum atomic E-state index is 0.501. The molecule has 0 radical (unpaired) electrons. The van der Waals surface area contributed by atoms with Gasteiger partial charge >= 0.3 is 0 Å². The Morgan fingerprint density at radius 1 is 1.08 bits per heavy atom. The molecule has 1 aliphatic heterocycles. The lowest BCUT2D eigenvalue weighted by Gasteiger charge is -2.20. The molecule has 1 aliphatic rings. The quantitative estimate of drug-likeness (QED) is 0.674. The molecule has 0 aliphatic carbocycles. The van der Waals surface area contributed by atoms with Crippen LogP contribution in [0.1, 0.15) is 23.5 Å². The molecule has 2 aromatic heterocycles. The number of nitrogens with zero attached hydrogens (tertiary/aromatic N) is 3. The summed E-state index contributed by atoms with van der Waals surface area (Å²) in [5.74, 6) is 1.92. The number of ether oxygens (including phenoxy) is 1. The van der Waals surface area contributed by atoms with E-state index in [4.69, 9.17) is 4.74 Å². The predicted molar refractivity (Wildman–Crippen MR) is 106 cm³/mol. The molecule has 6 heteroatoms. The molecule has 1 saturated heterocycles. The third-order valence-corrected chi connectivity index (χ3v) is 5.23. The van der Waals surface area contributed by atoms with Crippen molar-refractivity contribution in [1.82, 2.24) is 9.97 Å². The Hall–Kier alpha value is -2.60. The Bertz CT molecular complexity index is 831. The maximum Gasteiger partial charge on any atom is 0.151 e. The fourth-order valence-electron chi connectivity index (χ4n) is 3.06. The number of pyridine rings is 1. The van der Waals surface area contributed by atoms with Crippen molar-refractivity contribution in [3.05, 3.63) is 64.7 Å². The summed E-state index contributed by atoms with van der Waals surface area (Å²) in [6.45, 7) is 3.36. The Kier molecular flexibility index (Phi) is 5.30. The van der Waals surface area contributed by atoms with E-state index in [0.717, 1.165) is 41.0 Å². The average molecular weight is 366 g/mol. The summed E-state index contributed by atoms with van der Waals surface area (Å²) in [6, 6.07) is 13.9. The summed E-state index contributed by atoms with van der Waals surface area (Å²) in [7, 11) is 0. The second-order valence-corrected chi connectivity index (χ2v) is 7.20. The number of rotatable bonds is 7. The van der Waals surface area contributed by atoms with Gasteiger partial charge in [0.2, 0.25) is 0 Å². The molecule has 0 bridgehead atoms. The van der Waals surface area contributed by atoms with Crippen LogP contribution >= 0.6 is 11.3 Å². The van der Waals surface area contributed by atoms with Gasteiger partial charge in [0.05, 0.1) is 17.9 Å². The van der Waals surface area contributed by atoms with E-state index in [-0.39, 0.29) is 0 Å². The van der Waals surface area contributed by atoms with Crippen LogP contribution < -0.4 is 15.0 Å². The number of aromatic nitrogens is 2. The number of hydrogen-bond donors (Lipinski definition) is 1. The van der Waals surface area contributed by atoms with Crippen LogP contribution in [-0.4, -0.2) is 23.1 Å². The van der Waals surface area contributed by atoms with Crippen LogP contribution in [0.25, 0.3) is 0 Å². The molecule has 1 fully saturated rings. The molecule has 1 aromatic carbocycles. The first-order valence-electron chi connectivity index (χ1n) is 8.93. The summed E-state index contributed by atoms with van der Waals surface area (Å²) in [5.41, 5.74) is 2.10. The van der Waals surface area contributed by atoms with Gasteiger partial charge in [-0.05, 0) is 37.1 Å². The van der Waals surface area contributed by atoms with E-state index in [9.17, 15) is 0 Å². The normalized spacial score (nSPS) is 13.8. The fourth-order valence-corrected chi connectivity index (χ4v) is 3.76. The fraction of sp³-hybridized carbons (Fsp3) is 0.300. The molecule has 134 valence electrons. The first-order valence-corrected chi connectivity index (χ1v) is 9.81. The number of hydrogen-bond acceptors (Lipinski definition) is 6. The molecule has 0 saturated carbocycles. The summed E-state index contributed by atoms with van der Waals surface area (Å²) < 4.78 is 5.77. The third kappa shape index (κ3) is 4.14. The molecule has 1 N–H and O–H groups in total. The zero-order valence-electron chi connectivity index (χ0n) is 14.6. The molecule has 26 heavy (non-hydrogen) atoms. The molecular formula is C20H22N4OS. The van der Waals surface area contributed by atoms with Gasteiger partial charge in [-0.15, -0.1) is 11.3 Å². The van der Waals surface area contributed by atoms with Gasteiger partial charge in [0, 0.05) is 24.7 Å². The molecule has 3 aromatic rings. The topological polar surface area (TPSA) is 50.3 Å². The highest BCUT2D eigenvalue weighted by Gasteiger charge is 2.16. The van der Waals surface area contributed by atoms with Crippen LogP contribution in [0.4, 0.5) is 11.5 Å². The second-order valence-electron chi connectivity index (χ2n) is 6.26. The van der Waals surface area contributed by atoms with E-state index in [1.165, 1.54) is 12.8 Å². The molecule has 0 unspecified atom stereocenters. The molecule has 4 rings (SSSR count). The monoisotopic (exact) mass is 366 g/mol. The number of anilines is 2. The van der Waals surface area contributed by atoms with Crippen molar-refractivity contribution in [1.29, 1.82) is 0 Å². The lowest BCUT2D eigenvalue weighted by Crippen LogP contribution is -2.20. The molecule has 3 heterocycles. The molecule has 0 amide bonds. The van der Waals surface area contributed by atoms with Crippen LogP contribution in [0.2, 0.25) is 0 Å². The van der Waals surface area contributed by atoms with Gasteiger partial charge in [-0.2, -0.15) is 0 Å². The predicted octanol–water partition coefficient (Wildman–Crippen LogP) is 4.33. The van der Waals surface area contributed by atoms with Gasteiger partial charge < -0.3 is 15.0 Å². The molecule has 0 spiro atoms. The zero-order chi connectivity index (χ0) is 17.6. The Balaban J connectivity index is 1.35. The van der Waals surface area contributed by atoms with Crippen molar-refractivity contribution in [2.75, 3.05) is 23.3 Å². The average Bonchev–Trinajstić information content (AvgIpc) is 3.38. The van der Waals surface area contributed by atoms with Crippen LogP contribution in [-0.2, 0) is 13.2 Å². The Morgan fingerprint density at radius 2 is 1.92 bits per heavy atom. The Labute approximate surface area is 157 Å². The van der Waals surface area contributed by atoms with Crippen molar-refractivity contribution >= 4 is 22.8 Å². The lowest BCUT2D eigenvalue weighted by molar-refractivity contribution is 0.305. The van der Waals surface area contributed by atoms with Gasteiger partial charge in [0.1, 0.15) is 17.4 Å². The van der Waals surface area contributed by atoms with Crippen LogP contribution in [0.5, 0.6) is 5.75 Å². The van der Waals surface area contributed by atoms with Crippen LogP contribution in [0, 0.1) is 0 Å². The van der Waals surface area contributed by atoms with E-state index in [0.29, 0.717) is 13.2 Å². The largest absolute Gasteiger partial charge is 0.486 e. The maximum atomic E-state index is 5.77. The van der Waals surface area contributed by atoms with Crippen molar-refractivity contribution in [3.8, 4) is 5.75 Å². The smallest absolute Gasteiger partial charge is 0.151 e. The minimum absolute atomic E-state index is 0.501. The van der Waals surface area contributed by atoms with E-state index in [1.54, 1.807) is 11.3 Å². The SMILES string of the molecule is c1ccc(OCc2nc(CNc3cccnc3N3CCCC3)cs2)cc1. The van der Waals surface area contributed by atoms with Crippen molar-refractivity contribution in [3.63, 3.8) is 0 Å². The highest BCUT2D eigenvalue weighted by Crippen LogP contribution is 2.26. The van der Waals surface area contributed by atoms with Gasteiger partial charge in [-0.3, -0.25) is 0 Å². The standard InChI is InChI=1S/C20H22N4OS/c1-2-7-17(8-3-1)25-14-19-23-16(15-26-19)13-22-18-9-6-10-21-20(18)24-11-4-5-12-24/h1-3,6-10,15,22H,4-5,11-14H2. The van der Waals surface area contributed by atoms with Crippen LogP contribution in [0.15, 0.2) is 54.0 Å². The van der Waals surface area contributed by atoms with Gasteiger partial charge in [0.25, 0.3) is 0 Å². The van der Waals surface area contributed by atoms with Crippen molar-refractivity contribution in [2.24, 2.45) is 0 Å². The summed E-state index contributed by atoms with van der Waals surface area (Å²) in [6.07, 6.45) is 4.35. The van der Waals surface area contributed by atoms with Gasteiger partial charge in [-0.25, -0.2) is 9.97 Å². The first kappa shape index (κ1) is 16.8. The van der Waals surface area contributed by atoms with Gasteiger partial charge in [-0.1, -0.05) is 18.2 Å². The summed E-state index contributed by atoms with van der Waals surface area (Å²) in [5, 5.41) is 6.56. The highest BCUT2D eigenvalue weighted by atomic mass is 32.1. The van der Waals surface area contributed by atoms with Gasteiger partial charge in [0.15, 0.2) is 5.82 Å². The molecular weight excluding hydrogens is 344 g/mol. The second kappa shape index (κ2) is 8.19. The van der Waals surface area contributed by atoms with E-state index in [1.807, 2.05) is 42.6 Å². The number of para-hydroxylation sites is 1. The Morgan fingerprint density at radius 3 is 2.77 bits per heavy atom. The number of benzene rings is 1. The van der Waals surface area contributed by atoms with Crippen LogP contribution in [0.3, 0.4) is 0 Å². The first-order chi connectivity index (χ1) is 12.9. The minimum Gasteiger partial charge on any atom is -0.486 e. The number of nitrogens with one attached hydrogen (secondary N) is 1. The van der Waals surface area contributed by atoms with Crippen molar-refractivity contribution in [2.45, 2.75) is 26.0 Å². The van der Waals surface area contributed by atoms with E-state index >= 15 is 0 Å². The third-order valence-electron chi connectivity index (χ3n) is 4.36.